The molecule has 0 N–H and O–H groups in total. The second-order valence-corrected chi connectivity index (χ2v) is 4.69. The number of aromatic nitrogens is 2. The van der Waals surface area contributed by atoms with Gasteiger partial charge in [0.25, 0.3) is 5.56 Å². The lowest BCUT2D eigenvalue weighted by Crippen LogP contribution is -2.19. The summed E-state index contributed by atoms with van der Waals surface area (Å²) in [4.78, 5) is 17.0. The molecule has 0 amide bonds. The molecule has 2 heterocycles. The first kappa shape index (κ1) is 11.0. The number of aryl methyl sites for hydroxylation is 1. The van der Waals surface area contributed by atoms with Crippen molar-refractivity contribution in [2.75, 3.05) is 0 Å². The molecule has 1 radical (unpaired) electrons. The predicted molar refractivity (Wildman–Crippen MR) is 71.4 cm³/mol. The van der Waals surface area contributed by atoms with Gasteiger partial charge in [-0.15, -0.1) is 0 Å². The van der Waals surface area contributed by atoms with Gasteiger partial charge in [0, 0.05) is 12.6 Å². The van der Waals surface area contributed by atoms with Crippen molar-refractivity contribution in [3.05, 3.63) is 63.2 Å². The van der Waals surface area contributed by atoms with Crippen molar-refractivity contribution in [2.24, 2.45) is 0 Å². The largest absolute Gasteiger partial charge is 0.268 e. The second-order valence-electron chi connectivity index (χ2n) is 4.69. The fraction of sp³-hybridized carbons (Fsp3) is 0.200. The van der Waals surface area contributed by atoms with E-state index in [-0.39, 0.29) is 5.56 Å². The number of nitrogens with zero attached hydrogens (tertiary/aromatic N) is 2. The van der Waals surface area contributed by atoms with E-state index in [2.05, 4.69) is 4.98 Å². The van der Waals surface area contributed by atoms with Crippen molar-refractivity contribution in [3.8, 4) is 0 Å². The van der Waals surface area contributed by atoms with Gasteiger partial charge in [-0.05, 0) is 42.7 Å². The molecule has 0 aliphatic heterocycles. The lowest BCUT2D eigenvalue weighted by Gasteiger charge is -2.05. The van der Waals surface area contributed by atoms with Crippen LogP contribution in [0.4, 0.5) is 0 Å². The van der Waals surface area contributed by atoms with Crippen LogP contribution in [-0.2, 0) is 6.42 Å². The van der Waals surface area contributed by atoms with Gasteiger partial charge in [-0.3, -0.25) is 9.20 Å². The average molecular weight is 237 g/mol. The van der Waals surface area contributed by atoms with E-state index in [1.807, 2.05) is 32.1 Å². The average Bonchev–Trinajstić information content (AvgIpc) is 2.75. The quantitative estimate of drug-likeness (QED) is 0.762. The molecule has 18 heavy (non-hydrogen) atoms. The first-order chi connectivity index (χ1) is 8.58. The summed E-state index contributed by atoms with van der Waals surface area (Å²) in [7, 11) is 0. The SMILES string of the molecule is [CH]=C(C)C1=Cc2c(nc3c(C)cccn3c2=O)C1. The van der Waals surface area contributed by atoms with Gasteiger partial charge in [0.05, 0.1) is 11.3 Å². The normalized spacial score (nSPS) is 13.6. The van der Waals surface area contributed by atoms with Crippen molar-refractivity contribution >= 4 is 11.7 Å². The van der Waals surface area contributed by atoms with E-state index in [1.165, 1.54) is 0 Å². The first-order valence-corrected chi connectivity index (χ1v) is 5.89. The number of allylic oxidation sites excluding steroid dienone is 2. The van der Waals surface area contributed by atoms with Gasteiger partial charge < -0.3 is 0 Å². The smallest absolute Gasteiger partial charge is 0.265 e. The molecule has 2 aromatic rings. The third-order valence-corrected chi connectivity index (χ3v) is 3.35. The summed E-state index contributed by atoms with van der Waals surface area (Å²) in [5, 5.41) is 0. The Morgan fingerprint density at radius 1 is 1.50 bits per heavy atom. The summed E-state index contributed by atoms with van der Waals surface area (Å²) in [6.07, 6.45) is 4.26. The Hall–Kier alpha value is -2.16. The summed E-state index contributed by atoms with van der Waals surface area (Å²) >= 11 is 0. The van der Waals surface area contributed by atoms with Gasteiger partial charge >= 0.3 is 0 Å². The number of hydrogen-bond acceptors (Lipinski definition) is 2. The molecule has 0 fully saturated rings. The van der Waals surface area contributed by atoms with Crippen LogP contribution in [0.1, 0.15) is 23.7 Å². The summed E-state index contributed by atoms with van der Waals surface area (Å²) < 4.78 is 1.60. The number of hydrogen-bond donors (Lipinski definition) is 0. The van der Waals surface area contributed by atoms with Crippen LogP contribution >= 0.6 is 0 Å². The molecule has 0 saturated heterocycles. The monoisotopic (exact) mass is 237 g/mol. The molecule has 3 nitrogen and oxygen atoms in total. The highest BCUT2D eigenvalue weighted by Crippen LogP contribution is 2.25. The van der Waals surface area contributed by atoms with E-state index >= 15 is 0 Å². The van der Waals surface area contributed by atoms with Crippen LogP contribution in [0.2, 0.25) is 0 Å². The van der Waals surface area contributed by atoms with E-state index in [0.717, 1.165) is 28.1 Å². The van der Waals surface area contributed by atoms with Crippen LogP contribution in [0.15, 0.2) is 34.3 Å². The molecule has 3 rings (SSSR count). The van der Waals surface area contributed by atoms with Crippen LogP contribution in [0.25, 0.3) is 11.7 Å². The molecular formula is C15H13N2O. The third kappa shape index (κ3) is 1.44. The highest BCUT2D eigenvalue weighted by molar-refractivity contribution is 5.67. The van der Waals surface area contributed by atoms with Crippen LogP contribution in [0, 0.1) is 13.5 Å². The van der Waals surface area contributed by atoms with Gasteiger partial charge in [-0.2, -0.15) is 0 Å². The van der Waals surface area contributed by atoms with E-state index in [1.54, 1.807) is 10.6 Å². The maximum atomic E-state index is 12.4. The minimum Gasteiger partial charge on any atom is -0.268 e. The predicted octanol–water partition coefficient (Wildman–Crippen LogP) is 2.32. The molecule has 89 valence electrons. The lowest BCUT2D eigenvalue weighted by molar-refractivity contribution is 0.980. The maximum absolute atomic E-state index is 12.4. The summed E-state index contributed by atoms with van der Waals surface area (Å²) in [6.45, 7) is 9.60. The number of fused-ring (bicyclic) bond motifs is 2. The standard InChI is InChI=1S/C15H13N2O/c1-9(2)11-7-12-13(8-11)16-14-10(3)5-4-6-17(14)15(12)18/h1,4-7H,8H2,2-3H3. The molecule has 1 aliphatic carbocycles. The Labute approximate surface area is 105 Å². The zero-order valence-electron chi connectivity index (χ0n) is 10.4. The molecule has 0 atom stereocenters. The Morgan fingerprint density at radius 2 is 2.28 bits per heavy atom. The van der Waals surface area contributed by atoms with E-state index in [0.29, 0.717) is 12.0 Å². The Kier molecular flexibility index (Phi) is 2.23. The topological polar surface area (TPSA) is 34.4 Å². The highest BCUT2D eigenvalue weighted by Gasteiger charge is 2.19. The number of rotatable bonds is 1. The van der Waals surface area contributed by atoms with Gasteiger partial charge in [0.15, 0.2) is 0 Å². The summed E-state index contributed by atoms with van der Waals surface area (Å²) in [5.74, 6) is 0. The molecule has 2 aromatic heterocycles. The third-order valence-electron chi connectivity index (χ3n) is 3.35. The lowest BCUT2D eigenvalue weighted by atomic mass is 10.1. The highest BCUT2D eigenvalue weighted by atomic mass is 16.1. The summed E-state index contributed by atoms with van der Waals surface area (Å²) in [5.41, 5.74) is 4.94. The Bertz CT molecular complexity index is 766. The summed E-state index contributed by atoms with van der Waals surface area (Å²) in [6, 6.07) is 3.81. The molecule has 3 heteroatoms. The van der Waals surface area contributed by atoms with Crippen LogP contribution in [0.5, 0.6) is 0 Å². The zero-order chi connectivity index (χ0) is 12.9. The molecule has 1 aliphatic rings. The van der Waals surface area contributed by atoms with Crippen LogP contribution in [-0.4, -0.2) is 9.38 Å². The first-order valence-electron chi connectivity index (χ1n) is 5.89. The number of pyridine rings is 1. The minimum absolute atomic E-state index is 0.0186. The van der Waals surface area contributed by atoms with Crippen molar-refractivity contribution < 1.29 is 0 Å². The van der Waals surface area contributed by atoms with Gasteiger partial charge in [0.1, 0.15) is 5.65 Å². The molecule has 0 aromatic carbocycles. The van der Waals surface area contributed by atoms with Gasteiger partial charge in [0.2, 0.25) is 0 Å². The fourth-order valence-corrected chi connectivity index (χ4v) is 2.29. The molecule has 0 spiro atoms. The van der Waals surface area contributed by atoms with E-state index in [9.17, 15) is 4.79 Å². The Balaban J connectivity index is 2.35. The van der Waals surface area contributed by atoms with Crippen molar-refractivity contribution in [1.29, 1.82) is 0 Å². The Morgan fingerprint density at radius 3 is 3.00 bits per heavy atom. The molecular weight excluding hydrogens is 224 g/mol. The van der Waals surface area contributed by atoms with Gasteiger partial charge in [-0.1, -0.05) is 12.6 Å². The second kappa shape index (κ2) is 3.67. The molecule has 0 bridgehead atoms. The minimum atomic E-state index is -0.0186. The van der Waals surface area contributed by atoms with Crippen molar-refractivity contribution in [1.82, 2.24) is 9.38 Å². The van der Waals surface area contributed by atoms with Crippen molar-refractivity contribution in [2.45, 2.75) is 20.3 Å². The van der Waals surface area contributed by atoms with Crippen molar-refractivity contribution in [3.63, 3.8) is 0 Å². The van der Waals surface area contributed by atoms with Crippen LogP contribution < -0.4 is 5.56 Å². The molecule has 0 saturated carbocycles. The van der Waals surface area contributed by atoms with E-state index < -0.39 is 0 Å². The fourth-order valence-electron chi connectivity index (χ4n) is 2.29. The van der Waals surface area contributed by atoms with E-state index in [4.69, 9.17) is 6.58 Å². The van der Waals surface area contributed by atoms with Gasteiger partial charge in [-0.25, -0.2) is 4.98 Å². The maximum Gasteiger partial charge on any atom is 0.265 e. The van der Waals surface area contributed by atoms with Crippen LogP contribution in [0.3, 0.4) is 0 Å². The zero-order valence-corrected chi connectivity index (χ0v) is 10.4. The molecule has 0 unspecified atom stereocenters.